The summed E-state index contributed by atoms with van der Waals surface area (Å²) in [7, 11) is 1.23. The van der Waals surface area contributed by atoms with Crippen LogP contribution in [0.15, 0.2) is 12.1 Å². The van der Waals surface area contributed by atoms with Gasteiger partial charge in [-0.2, -0.15) is 0 Å². The zero-order valence-electron chi connectivity index (χ0n) is 13.0. The van der Waals surface area contributed by atoms with Crippen LogP contribution in [0.3, 0.4) is 0 Å². The Hall–Kier alpha value is -0.705. The average molecular weight is 297 g/mol. The Kier molecular flexibility index (Phi) is 4.11. The molecule has 1 aromatic rings. The fourth-order valence-electron chi connectivity index (χ4n) is 2.32. The van der Waals surface area contributed by atoms with Gasteiger partial charge >= 0.3 is 7.12 Å². The Labute approximate surface area is 126 Å². The lowest BCUT2D eigenvalue weighted by atomic mass is 9.75. The first-order valence-corrected chi connectivity index (χ1v) is 7.32. The molecule has 0 spiro atoms. The van der Waals surface area contributed by atoms with Crippen molar-refractivity contribution in [2.75, 3.05) is 7.11 Å². The highest BCUT2D eigenvalue weighted by Crippen LogP contribution is 2.37. The standard InChI is InChI=1S/C15H22BClO3/c1-7-10-11(8-9-12(18-6)13(10)17)16-19-14(2,3)15(4,5)20-16/h8-9H,7H2,1-6H3. The number of hydrogen-bond donors (Lipinski definition) is 0. The molecule has 0 bridgehead atoms. The van der Waals surface area contributed by atoms with Crippen molar-refractivity contribution in [2.24, 2.45) is 0 Å². The molecule has 0 aliphatic carbocycles. The minimum absolute atomic E-state index is 0.352. The molecule has 0 unspecified atom stereocenters. The normalized spacial score (nSPS) is 20.2. The SMILES string of the molecule is CCc1c(B2OC(C)(C)C(C)(C)O2)ccc(OC)c1Cl. The third-order valence-electron chi connectivity index (χ3n) is 4.32. The second kappa shape index (κ2) is 5.25. The number of benzene rings is 1. The Morgan fingerprint density at radius 2 is 1.70 bits per heavy atom. The van der Waals surface area contributed by atoms with Crippen molar-refractivity contribution in [3.63, 3.8) is 0 Å². The molecule has 1 heterocycles. The second-order valence-electron chi connectivity index (χ2n) is 6.09. The van der Waals surface area contributed by atoms with Crippen molar-refractivity contribution in [3.8, 4) is 5.75 Å². The van der Waals surface area contributed by atoms with Crippen LogP contribution in [0.1, 0.15) is 40.2 Å². The van der Waals surface area contributed by atoms with Crippen LogP contribution in [0.25, 0.3) is 0 Å². The van der Waals surface area contributed by atoms with Gasteiger partial charge in [0.05, 0.1) is 23.3 Å². The number of hydrogen-bond acceptors (Lipinski definition) is 3. The molecule has 1 fully saturated rings. The van der Waals surface area contributed by atoms with E-state index < -0.39 is 7.12 Å². The summed E-state index contributed by atoms with van der Waals surface area (Å²) in [5.74, 6) is 0.684. The molecule has 0 saturated carbocycles. The molecule has 0 N–H and O–H groups in total. The molecule has 3 nitrogen and oxygen atoms in total. The molecule has 20 heavy (non-hydrogen) atoms. The fraction of sp³-hybridized carbons (Fsp3) is 0.600. The molecule has 1 aliphatic rings. The van der Waals surface area contributed by atoms with Crippen LogP contribution in [0, 0.1) is 0 Å². The van der Waals surface area contributed by atoms with Gasteiger partial charge in [0.15, 0.2) is 0 Å². The maximum absolute atomic E-state index is 6.40. The van der Waals surface area contributed by atoms with Gasteiger partial charge in [0.1, 0.15) is 5.75 Å². The zero-order chi connectivity index (χ0) is 15.1. The van der Waals surface area contributed by atoms with Crippen LogP contribution in [-0.4, -0.2) is 25.4 Å². The Morgan fingerprint density at radius 3 is 2.15 bits per heavy atom. The third kappa shape index (κ3) is 2.45. The van der Waals surface area contributed by atoms with Gasteiger partial charge in [-0.3, -0.25) is 0 Å². The predicted molar refractivity (Wildman–Crippen MR) is 83.1 cm³/mol. The molecule has 0 amide bonds. The van der Waals surface area contributed by atoms with E-state index >= 15 is 0 Å². The van der Waals surface area contributed by atoms with Gasteiger partial charge < -0.3 is 14.0 Å². The van der Waals surface area contributed by atoms with Crippen LogP contribution in [0.4, 0.5) is 0 Å². The molecule has 0 aromatic heterocycles. The lowest BCUT2D eigenvalue weighted by Crippen LogP contribution is -2.41. The Bertz CT molecular complexity index is 498. The number of rotatable bonds is 3. The molecule has 110 valence electrons. The van der Waals surface area contributed by atoms with Gasteiger partial charge in [0.25, 0.3) is 0 Å². The van der Waals surface area contributed by atoms with E-state index in [1.54, 1.807) is 7.11 Å². The summed E-state index contributed by atoms with van der Waals surface area (Å²) in [6.07, 6.45) is 0.801. The van der Waals surface area contributed by atoms with Crippen molar-refractivity contribution >= 4 is 24.2 Å². The molecule has 2 rings (SSSR count). The number of halogens is 1. The summed E-state index contributed by atoms with van der Waals surface area (Å²) in [6, 6.07) is 3.84. The number of ether oxygens (including phenoxy) is 1. The van der Waals surface area contributed by atoms with E-state index in [1.165, 1.54) is 0 Å². The van der Waals surface area contributed by atoms with Gasteiger partial charge in [-0.25, -0.2) is 0 Å². The quantitative estimate of drug-likeness (QED) is 0.802. The molecule has 0 radical (unpaired) electrons. The van der Waals surface area contributed by atoms with Crippen molar-refractivity contribution in [1.29, 1.82) is 0 Å². The molecule has 0 atom stereocenters. The van der Waals surface area contributed by atoms with E-state index in [4.69, 9.17) is 25.6 Å². The lowest BCUT2D eigenvalue weighted by Gasteiger charge is -2.32. The van der Waals surface area contributed by atoms with E-state index in [9.17, 15) is 0 Å². The van der Waals surface area contributed by atoms with Gasteiger partial charge in [-0.05, 0) is 51.2 Å². The number of methoxy groups -OCH3 is 1. The van der Waals surface area contributed by atoms with E-state index in [0.29, 0.717) is 10.8 Å². The second-order valence-corrected chi connectivity index (χ2v) is 6.47. The molecule has 5 heteroatoms. The van der Waals surface area contributed by atoms with Gasteiger partial charge in [0.2, 0.25) is 0 Å². The van der Waals surface area contributed by atoms with Crippen LogP contribution < -0.4 is 10.2 Å². The minimum atomic E-state index is -0.390. The minimum Gasteiger partial charge on any atom is -0.495 e. The monoisotopic (exact) mass is 296 g/mol. The topological polar surface area (TPSA) is 27.7 Å². The maximum Gasteiger partial charge on any atom is 0.495 e. The maximum atomic E-state index is 6.40. The summed E-state index contributed by atoms with van der Waals surface area (Å²) in [5.41, 5.74) is 1.30. The molecule has 1 aromatic carbocycles. The van der Waals surface area contributed by atoms with Crippen molar-refractivity contribution in [3.05, 3.63) is 22.7 Å². The smallest absolute Gasteiger partial charge is 0.495 e. The summed E-state index contributed by atoms with van der Waals surface area (Å²) < 4.78 is 17.5. The van der Waals surface area contributed by atoms with E-state index in [1.807, 2.05) is 39.8 Å². The third-order valence-corrected chi connectivity index (χ3v) is 4.74. The van der Waals surface area contributed by atoms with Gasteiger partial charge in [-0.15, -0.1) is 0 Å². The van der Waals surface area contributed by atoms with Crippen LogP contribution >= 0.6 is 11.6 Å². The lowest BCUT2D eigenvalue weighted by molar-refractivity contribution is 0.00578. The van der Waals surface area contributed by atoms with Crippen molar-refractivity contribution in [1.82, 2.24) is 0 Å². The molecular formula is C15H22BClO3. The summed E-state index contributed by atoms with van der Waals surface area (Å²) >= 11 is 6.40. The summed E-state index contributed by atoms with van der Waals surface area (Å²) in [5, 5.41) is 0.641. The van der Waals surface area contributed by atoms with Gasteiger partial charge in [-0.1, -0.05) is 24.6 Å². The van der Waals surface area contributed by atoms with Gasteiger partial charge in [0, 0.05) is 0 Å². The van der Waals surface area contributed by atoms with E-state index in [0.717, 1.165) is 17.4 Å². The van der Waals surface area contributed by atoms with Crippen LogP contribution in [-0.2, 0) is 15.7 Å². The average Bonchev–Trinajstić information content (AvgIpc) is 2.58. The highest BCUT2D eigenvalue weighted by atomic mass is 35.5. The van der Waals surface area contributed by atoms with Crippen molar-refractivity contribution < 1.29 is 14.0 Å². The first-order valence-electron chi connectivity index (χ1n) is 6.94. The fourth-order valence-corrected chi connectivity index (χ4v) is 2.71. The van der Waals surface area contributed by atoms with Crippen LogP contribution in [0.2, 0.25) is 5.02 Å². The Balaban J connectivity index is 2.43. The first-order chi connectivity index (χ1) is 9.23. The Morgan fingerprint density at radius 1 is 1.15 bits per heavy atom. The molecular weight excluding hydrogens is 274 g/mol. The van der Waals surface area contributed by atoms with E-state index in [-0.39, 0.29) is 11.2 Å². The largest absolute Gasteiger partial charge is 0.495 e. The molecule has 1 saturated heterocycles. The molecule has 1 aliphatic heterocycles. The predicted octanol–water partition coefficient (Wildman–Crippen LogP) is 3.21. The van der Waals surface area contributed by atoms with Crippen molar-refractivity contribution in [2.45, 2.75) is 52.2 Å². The highest BCUT2D eigenvalue weighted by Gasteiger charge is 2.52. The van der Waals surface area contributed by atoms with Crippen LogP contribution in [0.5, 0.6) is 5.75 Å². The first kappa shape index (κ1) is 15.7. The summed E-state index contributed by atoms with van der Waals surface area (Å²) in [4.78, 5) is 0. The highest BCUT2D eigenvalue weighted by molar-refractivity contribution is 6.63. The zero-order valence-corrected chi connectivity index (χ0v) is 13.8. The van der Waals surface area contributed by atoms with E-state index in [2.05, 4.69) is 6.92 Å². The summed E-state index contributed by atoms with van der Waals surface area (Å²) in [6.45, 7) is 10.2.